The van der Waals surface area contributed by atoms with Gasteiger partial charge >= 0.3 is 6.03 Å². The summed E-state index contributed by atoms with van der Waals surface area (Å²) in [6.45, 7) is 7.42. The highest BCUT2D eigenvalue weighted by atomic mass is 16.2. The molecule has 0 aliphatic heterocycles. The van der Waals surface area contributed by atoms with Crippen molar-refractivity contribution in [3.05, 3.63) is 48.4 Å². The number of imidazole rings is 1. The van der Waals surface area contributed by atoms with Gasteiger partial charge in [0, 0.05) is 25.1 Å². The third-order valence-electron chi connectivity index (χ3n) is 3.85. The molecule has 0 aromatic carbocycles. The van der Waals surface area contributed by atoms with Crippen molar-refractivity contribution in [1.82, 2.24) is 34.8 Å². The molecular formula is C17H23N7O. The molecule has 0 aliphatic carbocycles. The van der Waals surface area contributed by atoms with E-state index in [-0.39, 0.29) is 12.1 Å². The number of nitrogens with zero attached hydrogens (tertiary/aromatic N) is 5. The first-order valence-electron chi connectivity index (χ1n) is 8.38. The topological polar surface area (TPSA) is 89.1 Å². The standard InChI is InChI=1S/C17H23N7O/c1-12(2)11-23-9-7-18-15(23)10-19-17(25)20-13(3)16-22-21-14-6-4-5-8-24(14)16/h4-9,12-13H,10-11H2,1-3H3,(H2,19,20,25)/t13-/m0/s1. The number of rotatable bonds is 6. The Morgan fingerprint density at radius 3 is 2.84 bits per heavy atom. The molecule has 0 unspecified atom stereocenters. The Morgan fingerprint density at radius 2 is 2.04 bits per heavy atom. The van der Waals surface area contributed by atoms with Crippen molar-refractivity contribution in [3.8, 4) is 0 Å². The molecule has 8 nitrogen and oxygen atoms in total. The van der Waals surface area contributed by atoms with Gasteiger partial charge in [0.25, 0.3) is 0 Å². The van der Waals surface area contributed by atoms with Crippen molar-refractivity contribution in [2.75, 3.05) is 0 Å². The number of fused-ring (bicyclic) bond motifs is 1. The first-order valence-corrected chi connectivity index (χ1v) is 8.38. The Labute approximate surface area is 146 Å². The predicted molar refractivity (Wildman–Crippen MR) is 93.8 cm³/mol. The summed E-state index contributed by atoms with van der Waals surface area (Å²) in [4.78, 5) is 16.5. The number of hydrogen-bond donors (Lipinski definition) is 2. The Kier molecular flexibility index (Phi) is 4.97. The zero-order valence-corrected chi connectivity index (χ0v) is 14.7. The van der Waals surface area contributed by atoms with Gasteiger partial charge in [0.05, 0.1) is 12.6 Å². The van der Waals surface area contributed by atoms with Crippen LogP contribution in [0.1, 0.15) is 38.5 Å². The van der Waals surface area contributed by atoms with Crippen LogP contribution in [0.25, 0.3) is 5.65 Å². The average molecular weight is 341 g/mol. The summed E-state index contributed by atoms with van der Waals surface area (Å²) in [6, 6.07) is 5.14. The molecule has 0 saturated carbocycles. The van der Waals surface area contributed by atoms with E-state index in [0.717, 1.165) is 18.0 Å². The van der Waals surface area contributed by atoms with Gasteiger partial charge in [-0.25, -0.2) is 9.78 Å². The zero-order chi connectivity index (χ0) is 17.8. The number of amides is 2. The maximum absolute atomic E-state index is 12.2. The Balaban J connectivity index is 1.58. The van der Waals surface area contributed by atoms with Gasteiger partial charge in [0.2, 0.25) is 0 Å². The van der Waals surface area contributed by atoms with E-state index in [9.17, 15) is 4.79 Å². The highest BCUT2D eigenvalue weighted by molar-refractivity contribution is 5.74. The lowest BCUT2D eigenvalue weighted by molar-refractivity contribution is 0.236. The maximum Gasteiger partial charge on any atom is 0.315 e. The molecule has 1 atom stereocenters. The van der Waals surface area contributed by atoms with Crippen LogP contribution in [0.5, 0.6) is 0 Å². The summed E-state index contributed by atoms with van der Waals surface area (Å²) in [5, 5.41) is 14.0. The van der Waals surface area contributed by atoms with Crippen LogP contribution in [0.15, 0.2) is 36.8 Å². The minimum atomic E-state index is -0.271. The fourth-order valence-corrected chi connectivity index (χ4v) is 2.69. The largest absolute Gasteiger partial charge is 0.333 e. The van der Waals surface area contributed by atoms with Gasteiger partial charge in [0.1, 0.15) is 5.82 Å². The van der Waals surface area contributed by atoms with Crippen molar-refractivity contribution in [2.24, 2.45) is 5.92 Å². The van der Waals surface area contributed by atoms with Gasteiger partial charge in [-0.1, -0.05) is 19.9 Å². The number of pyridine rings is 1. The summed E-state index contributed by atoms with van der Waals surface area (Å²) in [6.07, 6.45) is 5.56. The lowest BCUT2D eigenvalue weighted by atomic mass is 10.2. The van der Waals surface area contributed by atoms with Crippen molar-refractivity contribution >= 4 is 11.7 Å². The second-order valence-electron chi connectivity index (χ2n) is 6.43. The monoisotopic (exact) mass is 341 g/mol. The minimum Gasteiger partial charge on any atom is -0.333 e. The maximum atomic E-state index is 12.2. The molecule has 132 valence electrons. The summed E-state index contributed by atoms with van der Waals surface area (Å²) in [5.74, 6) is 2.04. The highest BCUT2D eigenvalue weighted by Gasteiger charge is 2.16. The summed E-state index contributed by atoms with van der Waals surface area (Å²) in [7, 11) is 0. The van der Waals surface area contributed by atoms with Gasteiger partial charge in [-0.15, -0.1) is 10.2 Å². The smallest absolute Gasteiger partial charge is 0.315 e. The normalized spacial score (nSPS) is 12.5. The number of urea groups is 1. The SMILES string of the molecule is CC(C)Cn1ccnc1CNC(=O)N[C@@H](C)c1nnc2ccccn12. The van der Waals surface area contributed by atoms with Crippen LogP contribution < -0.4 is 10.6 Å². The van der Waals surface area contributed by atoms with Crippen LogP contribution in [-0.4, -0.2) is 30.2 Å². The summed E-state index contributed by atoms with van der Waals surface area (Å²) in [5.41, 5.74) is 0.752. The van der Waals surface area contributed by atoms with Gasteiger partial charge in [0.15, 0.2) is 11.5 Å². The van der Waals surface area contributed by atoms with E-state index in [4.69, 9.17) is 0 Å². The molecule has 3 heterocycles. The minimum absolute atomic E-state index is 0.265. The summed E-state index contributed by atoms with van der Waals surface area (Å²) >= 11 is 0. The Hall–Kier alpha value is -2.90. The average Bonchev–Trinajstić information content (AvgIpc) is 3.19. The van der Waals surface area contributed by atoms with E-state index in [1.807, 2.05) is 41.9 Å². The molecule has 0 spiro atoms. The third kappa shape index (κ3) is 3.96. The van der Waals surface area contributed by atoms with Crippen molar-refractivity contribution in [3.63, 3.8) is 0 Å². The van der Waals surface area contributed by atoms with Crippen LogP contribution in [0.4, 0.5) is 4.79 Å². The number of nitrogens with one attached hydrogen (secondary N) is 2. The molecule has 2 amide bonds. The van der Waals surface area contributed by atoms with Crippen LogP contribution >= 0.6 is 0 Å². The van der Waals surface area contributed by atoms with Crippen LogP contribution in [-0.2, 0) is 13.1 Å². The third-order valence-corrected chi connectivity index (χ3v) is 3.85. The molecule has 0 saturated heterocycles. The van der Waals surface area contributed by atoms with E-state index in [1.54, 1.807) is 6.20 Å². The lowest BCUT2D eigenvalue weighted by Crippen LogP contribution is -2.37. The van der Waals surface area contributed by atoms with Gasteiger partial charge in [-0.05, 0) is 25.0 Å². The van der Waals surface area contributed by atoms with Gasteiger partial charge in [-0.3, -0.25) is 4.40 Å². The Morgan fingerprint density at radius 1 is 1.20 bits per heavy atom. The van der Waals surface area contributed by atoms with Crippen molar-refractivity contribution < 1.29 is 4.79 Å². The predicted octanol–water partition coefficient (Wildman–Crippen LogP) is 2.14. The molecule has 0 aliphatic rings. The molecule has 2 N–H and O–H groups in total. The molecule has 3 aromatic heterocycles. The molecule has 0 bridgehead atoms. The van der Waals surface area contributed by atoms with Crippen molar-refractivity contribution in [2.45, 2.75) is 39.9 Å². The molecule has 25 heavy (non-hydrogen) atoms. The molecule has 3 aromatic rings. The fraction of sp³-hybridized carbons (Fsp3) is 0.412. The molecular weight excluding hydrogens is 318 g/mol. The first-order chi connectivity index (χ1) is 12.0. The number of carbonyl (C=O) groups is 1. The lowest BCUT2D eigenvalue weighted by Gasteiger charge is -2.14. The molecule has 0 radical (unpaired) electrons. The second kappa shape index (κ2) is 7.33. The number of aromatic nitrogens is 5. The van der Waals surface area contributed by atoms with E-state index in [1.165, 1.54) is 0 Å². The van der Waals surface area contributed by atoms with Crippen molar-refractivity contribution in [1.29, 1.82) is 0 Å². The second-order valence-corrected chi connectivity index (χ2v) is 6.43. The van der Waals surface area contributed by atoms with Gasteiger partial charge < -0.3 is 15.2 Å². The van der Waals surface area contributed by atoms with E-state index >= 15 is 0 Å². The molecule has 8 heteroatoms. The van der Waals surface area contributed by atoms with Crippen LogP contribution in [0.2, 0.25) is 0 Å². The first kappa shape index (κ1) is 16.9. The summed E-state index contributed by atoms with van der Waals surface area (Å²) < 4.78 is 3.92. The quantitative estimate of drug-likeness (QED) is 0.719. The van der Waals surface area contributed by atoms with Crippen LogP contribution in [0, 0.1) is 5.92 Å². The van der Waals surface area contributed by atoms with E-state index in [0.29, 0.717) is 18.3 Å². The zero-order valence-electron chi connectivity index (χ0n) is 14.7. The van der Waals surface area contributed by atoms with E-state index in [2.05, 4.69) is 44.2 Å². The number of carbonyl (C=O) groups excluding carboxylic acids is 1. The Bertz CT molecular complexity index is 851. The highest BCUT2D eigenvalue weighted by Crippen LogP contribution is 2.11. The fourth-order valence-electron chi connectivity index (χ4n) is 2.69. The number of hydrogen-bond acceptors (Lipinski definition) is 4. The molecule has 3 rings (SSSR count). The van der Waals surface area contributed by atoms with E-state index < -0.39 is 0 Å². The molecule has 0 fully saturated rings. The van der Waals surface area contributed by atoms with Gasteiger partial charge in [-0.2, -0.15) is 0 Å². The van der Waals surface area contributed by atoms with Crippen LogP contribution in [0.3, 0.4) is 0 Å².